The van der Waals surface area contributed by atoms with Crippen LogP contribution in [0.15, 0.2) is 16.5 Å². The fraction of sp³-hybridized carbons (Fsp3) is 0.333. The van der Waals surface area contributed by atoms with Crippen LogP contribution < -0.4 is 0 Å². The average molecular weight is 300 g/mol. The molecule has 1 heterocycles. The molecule has 0 atom stereocenters. The zero-order valence-corrected chi connectivity index (χ0v) is 10.6. The first-order valence-electron chi connectivity index (χ1n) is 5.64. The summed E-state index contributed by atoms with van der Waals surface area (Å²) in [4.78, 5) is 43.3. The minimum absolute atomic E-state index is 0.00705. The number of aliphatic carboxylic acids is 2. The molecule has 0 aromatic carbocycles. The molecule has 0 unspecified atom stereocenters. The van der Waals surface area contributed by atoms with Crippen LogP contribution >= 0.6 is 0 Å². The molecule has 0 aliphatic rings. The molecule has 1 rings (SSSR count). The van der Waals surface area contributed by atoms with Crippen LogP contribution in [0.5, 0.6) is 0 Å². The molecule has 0 amide bonds. The highest BCUT2D eigenvalue weighted by atomic mass is 16.6. The molecule has 9 nitrogen and oxygen atoms in total. The van der Waals surface area contributed by atoms with E-state index in [1.807, 2.05) is 0 Å². The van der Waals surface area contributed by atoms with E-state index in [9.17, 15) is 24.3 Å². The zero-order valence-electron chi connectivity index (χ0n) is 10.6. The second-order valence-electron chi connectivity index (χ2n) is 4.17. The van der Waals surface area contributed by atoms with Gasteiger partial charge in [0, 0.05) is 0 Å². The van der Waals surface area contributed by atoms with Crippen LogP contribution in [0.25, 0.3) is 0 Å². The maximum Gasteiger partial charge on any atom is 0.339 e. The van der Waals surface area contributed by atoms with Crippen molar-refractivity contribution in [2.24, 2.45) is 0 Å². The highest BCUT2D eigenvalue weighted by Crippen LogP contribution is 2.19. The van der Waals surface area contributed by atoms with Crippen LogP contribution in [-0.4, -0.2) is 45.1 Å². The van der Waals surface area contributed by atoms with Crippen LogP contribution in [0, 0.1) is 0 Å². The predicted molar refractivity (Wildman–Crippen MR) is 63.3 cm³/mol. The van der Waals surface area contributed by atoms with Gasteiger partial charge in [-0.25, -0.2) is 4.79 Å². The number of rotatable bonds is 8. The van der Waals surface area contributed by atoms with Gasteiger partial charge in [-0.1, -0.05) is 0 Å². The molecule has 114 valence electrons. The molecule has 1 aromatic heterocycles. The van der Waals surface area contributed by atoms with Gasteiger partial charge in [0.25, 0.3) is 0 Å². The maximum atomic E-state index is 11.7. The van der Waals surface area contributed by atoms with Gasteiger partial charge in [-0.05, 0) is 12.1 Å². The lowest BCUT2D eigenvalue weighted by Crippen LogP contribution is -2.44. The first-order chi connectivity index (χ1) is 9.76. The van der Waals surface area contributed by atoms with Gasteiger partial charge in [-0.3, -0.25) is 14.4 Å². The highest BCUT2D eigenvalue weighted by molar-refractivity contribution is 5.89. The Morgan fingerprint density at radius 2 is 1.76 bits per heavy atom. The predicted octanol–water partition coefficient (Wildman–Crippen LogP) is -0.184. The van der Waals surface area contributed by atoms with E-state index >= 15 is 0 Å². The number of carbonyl (C=O) groups is 4. The van der Waals surface area contributed by atoms with Crippen molar-refractivity contribution in [3.05, 3.63) is 23.7 Å². The Labute approximate surface area is 117 Å². The molecule has 0 fully saturated rings. The molecule has 0 saturated heterocycles. The topological polar surface area (TPSA) is 151 Å². The molecule has 0 saturated carbocycles. The molecule has 0 bridgehead atoms. The number of hydrogen-bond donors (Lipinski definition) is 3. The van der Waals surface area contributed by atoms with Crippen LogP contribution in [0.3, 0.4) is 0 Å². The van der Waals surface area contributed by atoms with E-state index in [2.05, 4.69) is 4.74 Å². The monoisotopic (exact) mass is 300 g/mol. The largest absolute Gasteiger partial charge is 0.481 e. The summed E-state index contributed by atoms with van der Waals surface area (Å²) in [6, 6.07) is 2.65. The highest BCUT2D eigenvalue weighted by Gasteiger charge is 2.42. The van der Waals surface area contributed by atoms with Crippen molar-refractivity contribution in [3.63, 3.8) is 0 Å². The SMILES string of the molecule is O=Cc1ccc(COC(=O)C(O)(CC(=O)O)CC(=O)O)o1. The number of esters is 1. The quantitative estimate of drug-likeness (QED) is 0.438. The Bertz CT molecular complexity index is 541. The zero-order chi connectivity index (χ0) is 16.0. The Hall–Kier alpha value is -2.68. The van der Waals surface area contributed by atoms with Crippen molar-refractivity contribution < 1.29 is 43.7 Å². The van der Waals surface area contributed by atoms with Crippen molar-refractivity contribution in [3.8, 4) is 0 Å². The van der Waals surface area contributed by atoms with E-state index in [1.165, 1.54) is 12.1 Å². The Morgan fingerprint density at radius 1 is 1.19 bits per heavy atom. The molecular formula is C12H12O9. The lowest BCUT2D eigenvalue weighted by Gasteiger charge is -2.21. The number of furan rings is 1. The molecule has 0 radical (unpaired) electrons. The van der Waals surface area contributed by atoms with E-state index < -0.39 is 43.0 Å². The van der Waals surface area contributed by atoms with Crippen LogP contribution in [0.4, 0.5) is 0 Å². The molecule has 21 heavy (non-hydrogen) atoms. The van der Waals surface area contributed by atoms with E-state index in [4.69, 9.17) is 14.6 Å². The summed E-state index contributed by atoms with van der Waals surface area (Å²) in [5.74, 6) is -4.45. The number of aldehydes is 1. The second-order valence-corrected chi connectivity index (χ2v) is 4.17. The van der Waals surface area contributed by atoms with Gasteiger partial charge in [0.2, 0.25) is 0 Å². The molecule has 9 heteroatoms. The van der Waals surface area contributed by atoms with Crippen LogP contribution in [0.1, 0.15) is 29.2 Å². The Morgan fingerprint density at radius 3 is 2.19 bits per heavy atom. The summed E-state index contributed by atoms with van der Waals surface area (Å²) >= 11 is 0. The fourth-order valence-corrected chi connectivity index (χ4v) is 1.51. The summed E-state index contributed by atoms with van der Waals surface area (Å²) in [6.45, 7) is -0.478. The van der Waals surface area contributed by atoms with E-state index in [0.29, 0.717) is 6.29 Å². The van der Waals surface area contributed by atoms with Gasteiger partial charge in [0.05, 0.1) is 12.8 Å². The number of carbonyl (C=O) groups excluding carboxylic acids is 2. The van der Waals surface area contributed by atoms with Gasteiger partial charge >= 0.3 is 17.9 Å². The summed E-state index contributed by atoms with van der Waals surface area (Å²) in [7, 11) is 0. The summed E-state index contributed by atoms with van der Waals surface area (Å²) in [5.41, 5.74) is -2.68. The lowest BCUT2D eigenvalue weighted by atomic mass is 9.96. The first kappa shape index (κ1) is 16.4. The normalized spacial score (nSPS) is 10.9. The number of carboxylic acids is 2. The molecule has 0 spiro atoms. The Balaban J connectivity index is 2.73. The standard InChI is InChI=1S/C12H12O9/c13-5-7-1-2-8(21-7)6-20-11(18)12(19,3-9(14)15)4-10(16)17/h1-2,5,19H,3-4,6H2,(H,14,15)(H,16,17). The third kappa shape index (κ3) is 4.73. The van der Waals surface area contributed by atoms with E-state index in [0.717, 1.165) is 0 Å². The van der Waals surface area contributed by atoms with Crippen LogP contribution in [-0.2, 0) is 25.7 Å². The molecule has 0 aliphatic heterocycles. The van der Waals surface area contributed by atoms with Crippen molar-refractivity contribution in [2.75, 3.05) is 0 Å². The van der Waals surface area contributed by atoms with Gasteiger partial charge in [0.15, 0.2) is 17.6 Å². The second kappa shape index (κ2) is 6.66. The average Bonchev–Trinajstić information content (AvgIpc) is 2.81. The minimum atomic E-state index is -2.68. The number of carboxylic acid groups (broad SMARTS) is 2. The number of aliphatic hydroxyl groups is 1. The van der Waals surface area contributed by atoms with Crippen LogP contribution in [0.2, 0.25) is 0 Å². The van der Waals surface area contributed by atoms with Crippen molar-refractivity contribution in [2.45, 2.75) is 25.0 Å². The third-order valence-corrected chi connectivity index (χ3v) is 2.41. The van der Waals surface area contributed by atoms with Gasteiger partial charge in [0.1, 0.15) is 12.4 Å². The van der Waals surface area contributed by atoms with Crippen molar-refractivity contribution in [1.29, 1.82) is 0 Å². The first-order valence-corrected chi connectivity index (χ1v) is 5.64. The molecule has 3 N–H and O–H groups in total. The smallest absolute Gasteiger partial charge is 0.339 e. The van der Waals surface area contributed by atoms with E-state index in [-0.39, 0.29) is 11.5 Å². The summed E-state index contributed by atoms with van der Waals surface area (Å²) in [5, 5.41) is 27.1. The number of ether oxygens (including phenoxy) is 1. The van der Waals surface area contributed by atoms with Gasteiger partial charge in [-0.15, -0.1) is 0 Å². The van der Waals surface area contributed by atoms with Crippen molar-refractivity contribution >= 4 is 24.2 Å². The third-order valence-electron chi connectivity index (χ3n) is 2.41. The lowest BCUT2D eigenvalue weighted by molar-refractivity contribution is -0.176. The van der Waals surface area contributed by atoms with Crippen molar-refractivity contribution in [1.82, 2.24) is 0 Å². The maximum absolute atomic E-state index is 11.7. The summed E-state index contributed by atoms with van der Waals surface area (Å²) in [6.07, 6.45) is -1.80. The van der Waals surface area contributed by atoms with E-state index in [1.54, 1.807) is 0 Å². The minimum Gasteiger partial charge on any atom is -0.481 e. The molecule has 1 aromatic rings. The fourth-order valence-electron chi connectivity index (χ4n) is 1.51. The van der Waals surface area contributed by atoms with Gasteiger partial charge in [-0.2, -0.15) is 0 Å². The molecular weight excluding hydrogens is 288 g/mol. The summed E-state index contributed by atoms with van der Waals surface area (Å²) < 4.78 is 9.53. The van der Waals surface area contributed by atoms with Gasteiger partial charge < -0.3 is 24.5 Å². The number of hydrogen-bond acceptors (Lipinski definition) is 7. The Kier molecular flexibility index (Phi) is 5.19. The molecule has 0 aliphatic carbocycles.